The third-order valence-electron chi connectivity index (χ3n) is 3.51. The molecular weight excluding hydrogens is 260 g/mol. The van der Waals surface area contributed by atoms with E-state index in [1.54, 1.807) is 7.11 Å². The molecule has 2 rings (SSSR count). The van der Waals surface area contributed by atoms with Crippen molar-refractivity contribution in [2.45, 2.75) is 33.2 Å². The summed E-state index contributed by atoms with van der Waals surface area (Å²) in [4.78, 5) is 4.64. The Morgan fingerprint density at radius 2 is 2.00 bits per heavy atom. The molecule has 0 saturated carbocycles. The standard InChI is InChI=1S/C15H21ClN2O/c1-10(9-19-4)8-18-14-6-12(3)11(2)5-13(14)17-15(18)7-16/h5-6,10H,7-9H2,1-4H3. The number of methoxy groups -OCH3 is 1. The largest absolute Gasteiger partial charge is 0.384 e. The maximum Gasteiger partial charge on any atom is 0.124 e. The van der Waals surface area contributed by atoms with E-state index in [1.165, 1.54) is 16.6 Å². The van der Waals surface area contributed by atoms with Crippen LogP contribution in [-0.4, -0.2) is 23.3 Å². The molecule has 3 nitrogen and oxygen atoms in total. The van der Waals surface area contributed by atoms with Gasteiger partial charge in [-0.2, -0.15) is 0 Å². The van der Waals surface area contributed by atoms with Crippen molar-refractivity contribution in [3.63, 3.8) is 0 Å². The van der Waals surface area contributed by atoms with Crippen LogP contribution in [0.15, 0.2) is 12.1 Å². The van der Waals surface area contributed by atoms with Crippen molar-refractivity contribution in [1.82, 2.24) is 9.55 Å². The molecule has 0 aliphatic heterocycles. The van der Waals surface area contributed by atoms with Crippen molar-refractivity contribution >= 4 is 22.6 Å². The van der Waals surface area contributed by atoms with E-state index in [-0.39, 0.29) is 0 Å². The van der Waals surface area contributed by atoms with Crippen molar-refractivity contribution in [3.8, 4) is 0 Å². The number of benzene rings is 1. The molecule has 1 unspecified atom stereocenters. The van der Waals surface area contributed by atoms with Gasteiger partial charge >= 0.3 is 0 Å². The summed E-state index contributed by atoms with van der Waals surface area (Å²) in [6, 6.07) is 4.34. The second-order valence-corrected chi connectivity index (χ2v) is 5.53. The van der Waals surface area contributed by atoms with Gasteiger partial charge in [0.1, 0.15) is 5.82 Å². The van der Waals surface area contributed by atoms with Gasteiger partial charge in [0.25, 0.3) is 0 Å². The Morgan fingerprint density at radius 1 is 1.32 bits per heavy atom. The molecule has 1 aromatic carbocycles. The zero-order valence-corrected chi connectivity index (χ0v) is 12.8. The fourth-order valence-electron chi connectivity index (χ4n) is 2.38. The quantitative estimate of drug-likeness (QED) is 0.782. The predicted molar refractivity (Wildman–Crippen MR) is 79.8 cm³/mol. The lowest BCUT2D eigenvalue weighted by molar-refractivity contribution is 0.151. The summed E-state index contributed by atoms with van der Waals surface area (Å²) in [6.45, 7) is 8.04. The second-order valence-electron chi connectivity index (χ2n) is 5.26. The highest BCUT2D eigenvalue weighted by Crippen LogP contribution is 2.23. The van der Waals surface area contributed by atoms with Gasteiger partial charge in [0, 0.05) is 13.7 Å². The Morgan fingerprint density at radius 3 is 2.63 bits per heavy atom. The van der Waals surface area contributed by atoms with Crippen LogP contribution < -0.4 is 0 Å². The van der Waals surface area contributed by atoms with E-state index in [9.17, 15) is 0 Å². The normalized spacial score (nSPS) is 13.1. The molecule has 19 heavy (non-hydrogen) atoms. The van der Waals surface area contributed by atoms with Crippen LogP contribution in [0.3, 0.4) is 0 Å². The average molecular weight is 281 g/mol. The van der Waals surface area contributed by atoms with Crippen LogP contribution >= 0.6 is 11.6 Å². The number of nitrogens with zero attached hydrogens (tertiary/aromatic N) is 2. The first-order valence-electron chi connectivity index (χ1n) is 6.58. The highest BCUT2D eigenvalue weighted by molar-refractivity contribution is 6.16. The molecule has 2 aromatic rings. The van der Waals surface area contributed by atoms with Gasteiger partial charge in [-0.25, -0.2) is 4.98 Å². The molecule has 1 heterocycles. The minimum atomic E-state index is 0.436. The lowest BCUT2D eigenvalue weighted by Gasteiger charge is -2.14. The van der Waals surface area contributed by atoms with Gasteiger partial charge in [0.15, 0.2) is 0 Å². The van der Waals surface area contributed by atoms with Crippen molar-refractivity contribution in [2.24, 2.45) is 5.92 Å². The summed E-state index contributed by atoms with van der Waals surface area (Å²) >= 11 is 6.03. The van der Waals surface area contributed by atoms with E-state index in [1.807, 2.05) is 0 Å². The average Bonchev–Trinajstić information content (AvgIpc) is 2.68. The van der Waals surface area contributed by atoms with Crippen molar-refractivity contribution < 1.29 is 4.74 Å². The predicted octanol–water partition coefficient (Wildman–Crippen LogP) is 3.67. The van der Waals surface area contributed by atoms with Crippen molar-refractivity contribution in [1.29, 1.82) is 0 Å². The van der Waals surface area contributed by atoms with Crippen molar-refractivity contribution in [3.05, 3.63) is 29.1 Å². The fourth-order valence-corrected chi connectivity index (χ4v) is 2.59. The number of aromatic nitrogens is 2. The summed E-state index contributed by atoms with van der Waals surface area (Å²) < 4.78 is 7.43. The molecule has 0 aliphatic rings. The van der Waals surface area contributed by atoms with Gasteiger partial charge in [0.05, 0.1) is 23.5 Å². The molecule has 1 atom stereocenters. The molecule has 0 N–H and O–H groups in total. The molecule has 0 bridgehead atoms. The Labute approximate surface area is 119 Å². The van der Waals surface area contributed by atoms with Crippen molar-refractivity contribution in [2.75, 3.05) is 13.7 Å². The third-order valence-corrected chi connectivity index (χ3v) is 3.75. The van der Waals surface area contributed by atoms with Crippen LogP contribution in [0.1, 0.15) is 23.9 Å². The van der Waals surface area contributed by atoms with Crippen LogP contribution in [0.4, 0.5) is 0 Å². The van der Waals surface area contributed by atoms with E-state index >= 15 is 0 Å². The topological polar surface area (TPSA) is 27.1 Å². The summed E-state index contributed by atoms with van der Waals surface area (Å²) in [5.41, 5.74) is 4.75. The number of aryl methyl sites for hydroxylation is 2. The first kappa shape index (κ1) is 14.4. The zero-order chi connectivity index (χ0) is 14.0. The van der Waals surface area contributed by atoms with Gasteiger partial charge < -0.3 is 9.30 Å². The molecule has 0 amide bonds. The van der Waals surface area contributed by atoms with Gasteiger partial charge in [-0.05, 0) is 43.0 Å². The van der Waals surface area contributed by atoms with Crippen LogP contribution in [0, 0.1) is 19.8 Å². The lowest BCUT2D eigenvalue weighted by atomic mass is 10.1. The van der Waals surface area contributed by atoms with Gasteiger partial charge in [-0.1, -0.05) is 6.92 Å². The summed E-state index contributed by atoms with van der Waals surface area (Å²) in [5, 5.41) is 0. The number of halogens is 1. The minimum absolute atomic E-state index is 0.436. The van der Waals surface area contributed by atoms with Crippen LogP contribution in [0.5, 0.6) is 0 Å². The Kier molecular flexibility index (Phi) is 4.48. The molecule has 4 heteroatoms. The van der Waals surface area contributed by atoms with E-state index < -0.39 is 0 Å². The van der Waals surface area contributed by atoms with Gasteiger partial charge in [-0.3, -0.25) is 0 Å². The molecule has 0 fully saturated rings. The molecule has 0 spiro atoms. The SMILES string of the molecule is COCC(C)Cn1c(CCl)nc2cc(C)c(C)cc21. The van der Waals surface area contributed by atoms with Gasteiger partial charge in [-0.15, -0.1) is 11.6 Å². The zero-order valence-electron chi connectivity index (χ0n) is 12.0. The Hall–Kier alpha value is -1.06. The molecule has 1 aromatic heterocycles. The number of fused-ring (bicyclic) bond motifs is 1. The number of alkyl halides is 1. The number of hydrogen-bond acceptors (Lipinski definition) is 2. The first-order chi connectivity index (χ1) is 9.06. The number of hydrogen-bond donors (Lipinski definition) is 0. The number of rotatable bonds is 5. The van der Waals surface area contributed by atoms with Crippen LogP contribution in [-0.2, 0) is 17.2 Å². The minimum Gasteiger partial charge on any atom is -0.384 e. The van der Waals surface area contributed by atoms with E-state index in [0.29, 0.717) is 11.8 Å². The summed E-state index contributed by atoms with van der Waals surface area (Å²) in [6.07, 6.45) is 0. The third kappa shape index (κ3) is 2.93. The second kappa shape index (κ2) is 5.93. The van der Waals surface area contributed by atoms with Crippen LogP contribution in [0.25, 0.3) is 11.0 Å². The van der Waals surface area contributed by atoms with E-state index in [0.717, 1.165) is 24.5 Å². The summed E-state index contributed by atoms with van der Waals surface area (Å²) in [5.74, 6) is 1.81. The first-order valence-corrected chi connectivity index (χ1v) is 7.11. The smallest absolute Gasteiger partial charge is 0.124 e. The fraction of sp³-hybridized carbons (Fsp3) is 0.533. The Balaban J connectivity index is 2.47. The maximum absolute atomic E-state index is 6.03. The lowest BCUT2D eigenvalue weighted by Crippen LogP contribution is -2.14. The number of imidazole rings is 1. The van der Waals surface area contributed by atoms with Crippen LogP contribution in [0.2, 0.25) is 0 Å². The van der Waals surface area contributed by atoms with E-state index in [4.69, 9.17) is 16.3 Å². The molecule has 0 aliphatic carbocycles. The van der Waals surface area contributed by atoms with E-state index in [2.05, 4.69) is 42.5 Å². The molecule has 0 radical (unpaired) electrons. The molecular formula is C15H21ClN2O. The molecule has 0 saturated heterocycles. The Bertz CT molecular complexity index is 577. The molecule has 104 valence electrons. The maximum atomic E-state index is 6.03. The number of ether oxygens (including phenoxy) is 1. The monoisotopic (exact) mass is 280 g/mol. The van der Waals surface area contributed by atoms with Gasteiger partial charge in [0.2, 0.25) is 0 Å². The summed E-state index contributed by atoms with van der Waals surface area (Å²) in [7, 11) is 1.73. The highest BCUT2D eigenvalue weighted by atomic mass is 35.5. The highest BCUT2D eigenvalue weighted by Gasteiger charge is 2.13.